The van der Waals surface area contributed by atoms with Crippen LogP contribution in [-0.4, -0.2) is 44.1 Å². The Morgan fingerprint density at radius 2 is 1.79 bits per heavy atom. The zero-order chi connectivity index (χ0) is 21.1. The Balaban J connectivity index is 1.83. The van der Waals surface area contributed by atoms with Gasteiger partial charge in [0, 0.05) is 24.8 Å². The van der Waals surface area contributed by atoms with Crippen molar-refractivity contribution in [2.75, 3.05) is 26.1 Å². The van der Waals surface area contributed by atoms with Crippen LogP contribution in [0.25, 0.3) is 0 Å². The molecule has 1 aliphatic heterocycles. The lowest BCUT2D eigenvalue weighted by Crippen LogP contribution is -2.56. The molecule has 1 heterocycles. The van der Waals surface area contributed by atoms with Crippen molar-refractivity contribution in [2.45, 2.75) is 31.1 Å². The summed E-state index contributed by atoms with van der Waals surface area (Å²) >= 11 is 0. The largest absolute Gasteiger partial charge is 0.493 e. The van der Waals surface area contributed by atoms with Crippen molar-refractivity contribution in [1.29, 1.82) is 0 Å². The SMILES string of the molecule is COc1ccc(NC(=O)C2(C)CCCN(Cc3ccccc3)S2(=O)=O)cc1OC. The van der Waals surface area contributed by atoms with E-state index in [2.05, 4.69) is 5.32 Å². The molecule has 3 rings (SSSR count). The van der Waals surface area contributed by atoms with E-state index in [1.807, 2.05) is 30.3 Å². The van der Waals surface area contributed by atoms with E-state index in [0.29, 0.717) is 30.2 Å². The molecule has 8 heteroatoms. The molecule has 1 amide bonds. The summed E-state index contributed by atoms with van der Waals surface area (Å²) in [6.45, 7) is 2.15. The molecule has 0 aliphatic carbocycles. The lowest BCUT2D eigenvalue weighted by molar-refractivity contribution is -0.118. The molecule has 1 atom stereocenters. The number of sulfonamides is 1. The molecule has 29 heavy (non-hydrogen) atoms. The Bertz CT molecular complexity index is 978. The summed E-state index contributed by atoms with van der Waals surface area (Å²) < 4.78 is 36.9. The Morgan fingerprint density at radius 1 is 1.10 bits per heavy atom. The number of hydrogen-bond acceptors (Lipinski definition) is 5. The molecule has 1 fully saturated rings. The Kier molecular flexibility index (Phi) is 6.14. The minimum Gasteiger partial charge on any atom is -0.493 e. The Labute approximate surface area is 171 Å². The van der Waals surface area contributed by atoms with Crippen LogP contribution < -0.4 is 14.8 Å². The first-order valence-electron chi connectivity index (χ1n) is 9.39. The molecule has 0 radical (unpaired) electrons. The third kappa shape index (κ3) is 4.09. The van der Waals surface area contributed by atoms with E-state index in [-0.39, 0.29) is 13.0 Å². The van der Waals surface area contributed by atoms with Crippen molar-refractivity contribution in [3.8, 4) is 11.5 Å². The molecular weight excluding hydrogens is 392 g/mol. The van der Waals surface area contributed by atoms with Crippen molar-refractivity contribution in [3.63, 3.8) is 0 Å². The van der Waals surface area contributed by atoms with E-state index in [9.17, 15) is 13.2 Å². The fourth-order valence-electron chi connectivity index (χ4n) is 3.49. The van der Waals surface area contributed by atoms with Crippen molar-refractivity contribution < 1.29 is 22.7 Å². The number of methoxy groups -OCH3 is 2. The first kappa shape index (κ1) is 21.1. The molecule has 1 unspecified atom stereocenters. The van der Waals surface area contributed by atoms with E-state index >= 15 is 0 Å². The highest BCUT2D eigenvalue weighted by Crippen LogP contribution is 2.35. The fraction of sp³-hybridized carbons (Fsp3) is 0.381. The molecule has 0 saturated carbocycles. The maximum absolute atomic E-state index is 13.3. The maximum atomic E-state index is 13.3. The minimum absolute atomic E-state index is 0.252. The van der Waals surface area contributed by atoms with Gasteiger partial charge in [0.1, 0.15) is 0 Å². The molecule has 2 aromatic rings. The summed E-state index contributed by atoms with van der Waals surface area (Å²) in [7, 11) is -0.826. The molecule has 1 aliphatic rings. The van der Waals surface area contributed by atoms with Crippen LogP contribution in [0.2, 0.25) is 0 Å². The molecular formula is C21H26N2O5S. The normalized spacial score (nSPS) is 21.3. The number of carbonyl (C=O) groups is 1. The third-order valence-electron chi connectivity index (χ3n) is 5.29. The number of rotatable bonds is 6. The molecule has 0 bridgehead atoms. The van der Waals surface area contributed by atoms with E-state index in [0.717, 1.165) is 5.56 Å². The van der Waals surface area contributed by atoms with Gasteiger partial charge >= 0.3 is 0 Å². The topological polar surface area (TPSA) is 84.9 Å². The molecule has 1 saturated heterocycles. The summed E-state index contributed by atoms with van der Waals surface area (Å²) in [5, 5.41) is 2.74. The van der Waals surface area contributed by atoms with Gasteiger partial charge in [-0.15, -0.1) is 0 Å². The summed E-state index contributed by atoms with van der Waals surface area (Å²) in [5.41, 5.74) is 1.34. The van der Waals surface area contributed by atoms with Crippen LogP contribution in [0.4, 0.5) is 5.69 Å². The minimum atomic E-state index is -3.84. The summed E-state index contributed by atoms with van der Waals surface area (Å²) in [4.78, 5) is 13.1. The lowest BCUT2D eigenvalue weighted by Gasteiger charge is -2.38. The van der Waals surface area contributed by atoms with Crippen molar-refractivity contribution >= 4 is 21.6 Å². The van der Waals surface area contributed by atoms with Gasteiger partial charge in [-0.3, -0.25) is 4.79 Å². The quantitative estimate of drug-likeness (QED) is 0.779. The number of hydrogen-bond donors (Lipinski definition) is 1. The average molecular weight is 419 g/mol. The predicted molar refractivity (Wildman–Crippen MR) is 112 cm³/mol. The van der Waals surface area contributed by atoms with Crippen LogP contribution >= 0.6 is 0 Å². The van der Waals surface area contributed by atoms with Gasteiger partial charge in [-0.05, 0) is 37.5 Å². The first-order valence-corrected chi connectivity index (χ1v) is 10.8. The number of ether oxygens (including phenoxy) is 2. The number of nitrogens with zero attached hydrogens (tertiary/aromatic N) is 1. The second-order valence-electron chi connectivity index (χ2n) is 7.18. The highest BCUT2D eigenvalue weighted by Gasteiger charge is 2.51. The van der Waals surface area contributed by atoms with Crippen LogP contribution in [0.1, 0.15) is 25.3 Å². The van der Waals surface area contributed by atoms with Crippen LogP contribution in [-0.2, 0) is 21.4 Å². The second kappa shape index (κ2) is 8.42. The van der Waals surface area contributed by atoms with Crippen LogP contribution in [0.5, 0.6) is 11.5 Å². The molecule has 0 spiro atoms. The van der Waals surface area contributed by atoms with Crippen molar-refractivity contribution in [1.82, 2.24) is 4.31 Å². The zero-order valence-corrected chi connectivity index (χ0v) is 17.7. The number of anilines is 1. The van der Waals surface area contributed by atoms with Gasteiger partial charge < -0.3 is 14.8 Å². The highest BCUT2D eigenvalue weighted by atomic mass is 32.2. The van der Waals surface area contributed by atoms with E-state index in [1.165, 1.54) is 25.4 Å². The summed E-state index contributed by atoms with van der Waals surface area (Å²) in [6, 6.07) is 14.3. The smallest absolute Gasteiger partial charge is 0.246 e. The lowest BCUT2D eigenvalue weighted by atomic mass is 10.0. The van der Waals surface area contributed by atoms with Crippen molar-refractivity contribution in [2.24, 2.45) is 0 Å². The van der Waals surface area contributed by atoms with Gasteiger partial charge in [0.15, 0.2) is 16.2 Å². The van der Waals surface area contributed by atoms with Gasteiger partial charge in [-0.25, -0.2) is 8.42 Å². The molecule has 0 aromatic heterocycles. The molecule has 156 valence electrons. The Hall–Kier alpha value is -2.58. The number of nitrogens with one attached hydrogen (secondary N) is 1. The average Bonchev–Trinajstić information content (AvgIpc) is 2.72. The van der Waals surface area contributed by atoms with Crippen LogP contribution in [0.15, 0.2) is 48.5 Å². The van der Waals surface area contributed by atoms with Gasteiger partial charge in [0.2, 0.25) is 15.9 Å². The second-order valence-corrected chi connectivity index (χ2v) is 9.55. The van der Waals surface area contributed by atoms with Gasteiger partial charge in [0.25, 0.3) is 0 Å². The highest BCUT2D eigenvalue weighted by molar-refractivity contribution is 7.91. The van der Waals surface area contributed by atoms with Crippen molar-refractivity contribution in [3.05, 3.63) is 54.1 Å². The fourth-order valence-corrected chi connectivity index (χ4v) is 5.43. The maximum Gasteiger partial charge on any atom is 0.246 e. The van der Waals surface area contributed by atoms with Gasteiger partial charge in [-0.2, -0.15) is 4.31 Å². The summed E-state index contributed by atoms with van der Waals surface area (Å²) in [5.74, 6) is 0.422. The first-order chi connectivity index (χ1) is 13.8. The van der Waals surface area contributed by atoms with Crippen LogP contribution in [0, 0.1) is 0 Å². The molecule has 1 N–H and O–H groups in total. The van der Waals surface area contributed by atoms with Gasteiger partial charge in [-0.1, -0.05) is 30.3 Å². The third-order valence-corrected chi connectivity index (χ3v) is 7.81. The van der Waals surface area contributed by atoms with E-state index in [4.69, 9.17) is 9.47 Å². The van der Waals surface area contributed by atoms with E-state index in [1.54, 1.807) is 18.2 Å². The Morgan fingerprint density at radius 3 is 2.45 bits per heavy atom. The summed E-state index contributed by atoms with van der Waals surface area (Å²) in [6.07, 6.45) is 0.877. The van der Waals surface area contributed by atoms with Gasteiger partial charge in [0.05, 0.1) is 14.2 Å². The number of benzene rings is 2. The predicted octanol–water partition coefficient (Wildman–Crippen LogP) is 3.03. The number of carbonyl (C=O) groups excluding carboxylic acids is 1. The van der Waals surface area contributed by atoms with E-state index < -0.39 is 20.7 Å². The zero-order valence-electron chi connectivity index (χ0n) is 16.8. The monoisotopic (exact) mass is 418 g/mol. The molecule has 7 nitrogen and oxygen atoms in total. The van der Waals surface area contributed by atoms with Crippen LogP contribution in [0.3, 0.4) is 0 Å². The number of amides is 1. The standard InChI is InChI=1S/C21H26N2O5S/c1-21(20(24)22-17-10-11-18(27-2)19(14-17)28-3)12-7-13-23(29(21,25)26)15-16-8-5-4-6-9-16/h4-6,8-11,14H,7,12-13,15H2,1-3H3,(H,22,24). The molecule has 2 aromatic carbocycles.